The van der Waals surface area contributed by atoms with Gasteiger partial charge in [-0.05, 0) is 13.7 Å². The lowest BCUT2D eigenvalue weighted by molar-refractivity contribution is -0.138. The van der Waals surface area contributed by atoms with Crippen LogP contribution in [0.2, 0.25) is 6.82 Å². The molecule has 0 unspecified atom stereocenters. The second-order valence-corrected chi connectivity index (χ2v) is 2.54. The molecule has 0 radical (unpaired) electrons. The fourth-order valence-corrected chi connectivity index (χ4v) is 0.947. The van der Waals surface area contributed by atoms with E-state index in [0.29, 0.717) is 0 Å². The summed E-state index contributed by atoms with van der Waals surface area (Å²) < 4.78 is 9.65. The molecular weight excluding hydrogens is 147 g/mol. The molecule has 60 valence electrons. The topological polar surface area (TPSA) is 52.6 Å². The third kappa shape index (κ3) is 2.05. The molecule has 0 spiro atoms. The molecule has 1 aliphatic rings. The summed E-state index contributed by atoms with van der Waals surface area (Å²) in [5, 5.41) is 0. The van der Waals surface area contributed by atoms with Gasteiger partial charge in [-0.1, -0.05) is 0 Å². The lowest BCUT2D eigenvalue weighted by atomic mass is 9.97. The minimum absolute atomic E-state index is 0.0685. The molecule has 1 rings (SSSR count). The van der Waals surface area contributed by atoms with Crippen molar-refractivity contribution in [3.8, 4) is 0 Å². The van der Waals surface area contributed by atoms with Crippen molar-refractivity contribution in [2.45, 2.75) is 26.3 Å². The van der Waals surface area contributed by atoms with Gasteiger partial charge in [0.1, 0.15) is 11.9 Å². The summed E-state index contributed by atoms with van der Waals surface area (Å²) >= 11 is 0. The number of hydrogen-bond acceptors (Lipinski definition) is 4. The first-order valence-electron chi connectivity index (χ1n) is 3.45. The third-order valence-corrected chi connectivity index (χ3v) is 1.37. The van der Waals surface area contributed by atoms with Gasteiger partial charge in [0, 0.05) is 6.42 Å². The fraction of sp³-hybridized carbons (Fsp3) is 0.667. The molecule has 11 heavy (non-hydrogen) atoms. The summed E-state index contributed by atoms with van der Waals surface area (Å²) in [6.07, 6.45) is -0.564. The van der Waals surface area contributed by atoms with E-state index >= 15 is 0 Å². The Morgan fingerprint density at radius 3 is 2.73 bits per heavy atom. The molecule has 0 aromatic carbocycles. The number of ketones is 1. The van der Waals surface area contributed by atoms with Crippen LogP contribution >= 0.6 is 0 Å². The Kier molecular flexibility index (Phi) is 2.29. The highest BCUT2D eigenvalue weighted by Crippen LogP contribution is 2.12. The molecule has 4 nitrogen and oxygen atoms in total. The lowest BCUT2D eigenvalue weighted by Gasteiger charge is -2.01. The molecule has 1 heterocycles. The highest BCUT2D eigenvalue weighted by Gasteiger charge is 2.36. The largest absolute Gasteiger partial charge is 0.524 e. The lowest BCUT2D eigenvalue weighted by Crippen LogP contribution is -2.19. The first-order chi connectivity index (χ1) is 5.09. The first-order valence-corrected chi connectivity index (χ1v) is 3.45. The summed E-state index contributed by atoms with van der Waals surface area (Å²) in [5.74, 6) is -0.506. The number of rotatable bonds is 2. The van der Waals surface area contributed by atoms with E-state index < -0.39 is 19.2 Å². The highest BCUT2D eigenvalue weighted by atomic mass is 16.7. The van der Waals surface area contributed by atoms with E-state index in [0.717, 1.165) is 0 Å². The Hall–Kier alpha value is -0.835. The normalized spacial score (nSPS) is 23.6. The Bertz CT molecular complexity index is 191. The number of carbonyl (C=O) groups excluding carboxylic acids is 2. The fourth-order valence-electron chi connectivity index (χ4n) is 0.947. The molecular formula is C6H9BO4. The van der Waals surface area contributed by atoms with Gasteiger partial charge < -0.3 is 9.31 Å². The second-order valence-electron chi connectivity index (χ2n) is 2.54. The van der Waals surface area contributed by atoms with Crippen LogP contribution in [-0.4, -0.2) is 25.0 Å². The Balaban J connectivity index is 2.47. The van der Waals surface area contributed by atoms with Gasteiger partial charge in [0.05, 0.1) is 0 Å². The summed E-state index contributed by atoms with van der Waals surface area (Å²) in [6.45, 7) is 3.04. The second kappa shape index (κ2) is 3.05. The predicted octanol–water partition coefficient (Wildman–Crippen LogP) is 0.0255. The van der Waals surface area contributed by atoms with Crippen molar-refractivity contribution in [2.24, 2.45) is 0 Å². The van der Waals surface area contributed by atoms with Crippen molar-refractivity contribution in [3.05, 3.63) is 0 Å². The van der Waals surface area contributed by atoms with Gasteiger partial charge >= 0.3 is 13.1 Å². The SMILES string of the molecule is CB1OC(=O)[C@H](CC(C)=O)O1. The van der Waals surface area contributed by atoms with Crippen molar-refractivity contribution in [1.82, 2.24) is 0 Å². The van der Waals surface area contributed by atoms with E-state index in [2.05, 4.69) is 4.65 Å². The van der Waals surface area contributed by atoms with E-state index in [-0.39, 0.29) is 12.2 Å². The zero-order valence-electron chi connectivity index (χ0n) is 6.49. The van der Waals surface area contributed by atoms with Crippen LogP contribution in [0.15, 0.2) is 0 Å². The van der Waals surface area contributed by atoms with Crippen LogP contribution < -0.4 is 0 Å². The van der Waals surface area contributed by atoms with Gasteiger partial charge in [-0.2, -0.15) is 0 Å². The maximum absolute atomic E-state index is 10.8. The predicted molar refractivity (Wildman–Crippen MR) is 37.9 cm³/mol. The molecule has 0 aromatic rings. The molecule has 0 amide bonds. The van der Waals surface area contributed by atoms with Crippen LogP contribution in [0.5, 0.6) is 0 Å². The van der Waals surface area contributed by atoms with Gasteiger partial charge in [0.2, 0.25) is 0 Å². The van der Waals surface area contributed by atoms with Crippen molar-refractivity contribution in [2.75, 3.05) is 0 Å². The van der Waals surface area contributed by atoms with Crippen LogP contribution in [0.1, 0.15) is 13.3 Å². The number of carbonyl (C=O) groups is 2. The van der Waals surface area contributed by atoms with Crippen molar-refractivity contribution >= 4 is 18.9 Å². The van der Waals surface area contributed by atoms with Gasteiger partial charge in [0.25, 0.3) is 0 Å². The Labute approximate surface area is 65.0 Å². The molecule has 0 saturated carbocycles. The van der Waals surface area contributed by atoms with Gasteiger partial charge in [-0.3, -0.25) is 9.59 Å². The standard InChI is InChI=1S/C6H9BO4/c1-4(8)3-5-6(9)11-7(2)10-5/h5H,3H2,1-2H3/t5-/m0/s1. The third-order valence-electron chi connectivity index (χ3n) is 1.37. The van der Waals surface area contributed by atoms with Crippen LogP contribution in [0, 0.1) is 0 Å². The molecule has 0 aromatic heterocycles. The average molecular weight is 156 g/mol. The summed E-state index contributed by atoms with van der Waals surface area (Å²) in [7, 11) is -0.508. The minimum atomic E-state index is -0.678. The zero-order chi connectivity index (χ0) is 8.43. The van der Waals surface area contributed by atoms with Crippen molar-refractivity contribution in [1.29, 1.82) is 0 Å². The maximum atomic E-state index is 10.8. The van der Waals surface area contributed by atoms with Gasteiger partial charge in [0.15, 0.2) is 0 Å². The van der Waals surface area contributed by atoms with E-state index in [1.54, 1.807) is 6.82 Å². The van der Waals surface area contributed by atoms with Crippen molar-refractivity contribution < 1.29 is 18.9 Å². The molecule has 1 fully saturated rings. The monoisotopic (exact) mass is 156 g/mol. The van der Waals surface area contributed by atoms with E-state index in [1.807, 2.05) is 0 Å². The van der Waals surface area contributed by atoms with Gasteiger partial charge in [-0.15, -0.1) is 0 Å². The van der Waals surface area contributed by atoms with Crippen LogP contribution in [0.25, 0.3) is 0 Å². The van der Waals surface area contributed by atoms with Crippen LogP contribution in [0.3, 0.4) is 0 Å². The smallest absolute Gasteiger partial charge is 0.508 e. The van der Waals surface area contributed by atoms with Crippen LogP contribution in [-0.2, 0) is 18.9 Å². The number of Topliss-reactive ketones (excluding diaryl/α,β-unsaturated/α-hetero) is 1. The quantitative estimate of drug-likeness (QED) is 0.529. The summed E-state index contributed by atoms with van der Waals surface area (Å²) in [6, 6.07) is 0. The van der Waals surface area contributed by atoms with E-state index in [4.69, 9.17) is 4.65 Å². The van der Waals surface area contributed by atoms with Gasteiger partial charge in [-0.25, -0.2) is 0 Å². The Morgan fingerprint density at radius 2 is 2.36 bits per heavy atom. The summed E-state index contributed by atoms with van der Waals surface area (Å²) in [4.78, 5) is 21.4. The molecule has 1 aliphatic heterocycles. The minimum Gasteiger partial charge on any atom is -0.508 e. The molecule has 0 aliphatic carbocycles. The molecule has 0 bridgehead atoms. The average Bonchev–Trinajstić information content (AvgIpc) is 2.09. The maximum Gasteiger partial charge on any atom is 0.524 e. The molecule has 5 heteroatoms. The first kappa shape index (κ1) is 8.26. The highest BCUT2D eigenvalue weighted by molar-refractivity contribution is 6.47. The molecule has 0 N–H and O–H groups in total. The van der Waals surface area contributed by atoms with Crippen LogP contribution in [0.4, 0.5) is 0 Å². The summed E-state index contributed by atoms with van der Waals surface area (Å²) in [5.41, 5.74) is 0. The zero-order valence-corrected chi connectivity index (χ0v) is 6.49. The molecule has 1 atom stereocenters. The van der Waals surface area contributed by atoms with E-state index in [9.17, 15) is 9.59 Å². The number of hydrogen-bond donors (Lipinski definition) is 0. The Morgan fingerprint density at radius 1 is 1.73 bits per heavy atom. The van der Waals surface area contributed by atoms with E-state index in [1.165, 1.54) is 6.92 Å². The van der Waals surface area contributed by atoms with Crippen molar-refractivity contribution in [3.63, 3.8) is 0 Å². The molecule has 1 saturated heterocycles.